The molecule has 17 heavy (non-hydrogen) atoms. The number of aryl methyl sites for hydroxylation is 1. The summed E-state index contributed by atoms with van der Waals surface area (Å²) in [5.74, 6) is 0.681. The Bertz CT molecular complexity index is 496. The van der Waals surface area contributed by atoms with Gasteiger partial charge in [0.15, 0.2) is 0 Å². The Morgan fingerprint density at radius 2 is 2.29 bits per heavy atom. The first-order chi connectivity index (χ1) is 8.13. The zero-order valence-electron chi connectivity index (χ0n) is 9.84. The molecule has 0 radical (unpaired) electrons. The van der Waals surface area contributed by atoms with E-state index in [-0.39, 0.29) is 0 Å². The molecule has 2 rings (SSSR count). The van der Waals surface area contributed by atoms with E-state index in [9.17, 15) is 5.11 Å². The maximum absolute atomic E-state index is 9.25. The van der Waals surface area contributed by atoms with Crippen molar-refractivity contribution >= 4 is 22.4 Å². The Hall–Kier alpha value is -1.46. The van der Waals surface area contributed by atoms with Crippen molar-refractivity contribution in [3.8, 4) is 0 Å². The molecule has 90 valence electrons. The van der Waals surface area contributed by atoms with E-state index in [1.165, 1.54) is 17.1 Å². The first-order valence-electron chi connectivity index (χ1n) is 5.48. The molecule has 5 heteroatoms. The smallest absolute Gasteiger partial charge is 0.207 e. The van der Waals surface area contributed by atoms with Crippen LogP contribution in [0.4, 0.5) is 10.8 Å². The summed E-state index contributed by atoms with van der Waals surface area (Å²) in [5, 5.41) is 13.2. The van der Waals surface area contributed by atoms with Crippen LogP contribution in [0.2, 0.25) is 0 Å². The van der Waals surface area contributed by atoms with Crippen LogP contribution in [-0.2, 0) is 6.42 Å². The molecule has 0 aliphatic carbocycles. The third-order valence-electron chi connectivity index (χ3n) is 2.22. The van der Waals surface area contributed by atoms with Gasteiger partial charge in [0, 0.05) is 23.6 Å². The minimum absolute atomic E-state index is 0.406. The third kappa shape index (κ3) is 3.51. The summed E-state index contributed by atoms with van der Waals surface area (Å²) in [5.41, 5.74) is 2.20. The summed E-state index contributed by atoms with van der Waals surface area (Å²) >= 11 is 1.31. The fourth-order valence-corrected chi connectivity index (χ4v) is 2.12. The Morgan fingerprint density at radius 1 is 1.47 bits per heavy atom. The molecule has 0 aliphatic rings. The van der Waals surface area contributed by atoms with E-state index in [2.05, 4.69) is 20.7 Å². The predicted octanol–water partition coefficient (Wildman–Crippen LogP) is 2.51. The van der Waals surface area contributed by atoms with E-state index < -0.39 is 6.10 Å². The second-order valence-electron chi connectivity index (χ2n) is 4.06. The minimum atomic E-state index is -0.406. The highest BCUT2D eigenvalue weighted by Crippen LogP contribution is 2.19. The Balaban J connectivity index is 2.06. The van der Waals surface area contributed by atoms with Crippen LogP contribution in [0.15, 0.2) is 24.3 Å². The van der Waals surface area contributed by atoms with Crippen molar-refractivity contribution in [3.63, 3.8) is 0 Å². The van der Waals surface area contributed by atoms with E-state index in [1.807, 2.05) is 25.1 Å². The van der Waals surface area contributed by atoms with Crippen molar-refractivity contribution in [1.29, 1.82) is 0 Å². The standard InChI is InChI=1S/C12H15N3OS/c1-8-4-3-5-10(6-8)13-12-14-11(15-17-12)7-9(2)16/h3-6,9,16H,7H2,1-2H3,(H,13,14,15)/t9-/m1/s1. The van der Waals surface area contributed by atoms with Gasteiger partial charge in [-0.3, -0.25) is 0 Å². The third-order valence-corrected chi connectivity index (χ3v) is 2.88. The molecule has 1 aromatic heterocycles. The summed E-state index contributed by atoms with van der Waals surface area (Å²) in [4.78, 5) is 4.31. The van der Waals surface area contributed by atoms with Gasteiger partial charge in [-0.05, 0) is 31.5 Å². The van der Waals surface area contributed by atoms with E-state index in [4.69, 9.17) is 0 Å². The average Bonchev–Trinajstić information content (AvgIpc) is 2.64. The number of nitrogens with zero attached hydrogens (tertiary/aromatic N) is 2. The number of aliphatic hydroxyl groups excluding tert-OH is 1. The fourth-order valence-electron chi connectivity index (χ4n) is 1.50. The first kappa shape index (κ1) is 12.0. The molecule has 1 heterocycles. The summed E-state index contributed by atoms with van der Waals surface area (Å²) in [6.07, 6.45) is 0.0860. The molecule has 0 bridgehead atoms. The van der Waals surface area contributed by atoms with Crippen molar-refractivity contribution < 1.29 is 5.11 Å². The molecule has 0 aliphatic heterocycles. The van der Waals surface area contributed by atoms with Crippen LogP contribution in [-0.4, -0.2) is 20.6 Å². The lowest BCUT2D eigenvalue weighted by Gasteiger charge is -2.02. The minimum Gasteiger partial charge on any atom is -0.393 e. The molecule has 0 saturated heterocycles. The molecule has 0 unspecified atom stereocenters. The zero-order valence-corrected chi connectivity index (χ0v) is 10.7. The summed E-state index contributed by atoms with van der Waals surface area (Å²) in [7, 11) is 0. The molecular formula is C12H15N3OS. The first-order valence-corrected chi connectivity index (χ1v) is 6.25. The van der Waals surface area contributed by atoms with Gasteiger partial charge in [-0.2, -0.15) is 4.37 Å². The monoisotopic (exact) mass is 249 g/mol. The molecule has 4 nitrogen and oxygen atoms in total. The Morgan fingerprint density at radius 3 is 3.00 bits per heavy atom. The van der Waals surface area contributed by atoms with Crippen LogP contribution in [0, 0.1) is 6.92 Å². The van der Waals surface area contributed by atoms with Crippen molar-refractivity contribution in [2.45, 2.75) is 26.4 Å². The summed E-state index contributed by atoms with van der Waals surface area (Å²) < 4.78 is 4.18. The van der Waals surface area contributed by atoms with E-state index >= 15 is 0 Å². The second kappa shape index (κ2) is 5.25. The average molecular weight is 249 g/mol. The van der Waals surface area contributed by atoms with Crippen molar-refractivity contribution in [2.24, 2.45) is 0 Å². The molecule has 2 aromatic rings. The van der Waals surface area contributed by atoms with Gasteiger partial charge in [0.2, 0.25) is 5.13 Å². The molecule has 0 amide bonds. The second-order valence-corrected chi connectivity index (χ2v) is 4.82. The Labute approximate surface area is 105 Å². The quantitative estimate of drug-likeness (QED) is 0.874. The van der Waals surface area contributed by atoms with Gasteiger partial charge in [-0.25, -0.2) is 4.98 Å². The maximum Gasteiger partial charge on any atom is 0.207 e. The van der Waals surface area contributed by atoms with Gasteiger partial charge in [0.25, 0.3) is 0 Å². The van der Waals surface area contributed by atoms with Gasteiger partial charge >= 0.3 is 0 Å². The number of rotatable bonds is 4. The number of hydrogen-bond acceptors (Lipinski definition) is 5. The number of hydrogen-bond donors (Lipinski definition) is 2. The van der Waals surface area contributed by atoms with Crippen LogP contribution in [0.1, 0.15) is 18.3 Å². The van der Waals surface area contributed by atoms with Gasteiger partial charge in [-0.1, -0.05) is 12.1 Å². The molecule has 0 fully saturated rings. The maximum atomic E-state index is 9.25. The van der Waals surface area contributed by atoms with E-state index in [1.54, 1.807) is 6.92 Å². The van der Waals surface area contributed by atoms with Crippen molar-refractivity contribution in [3.05, 3.63) is 35.7 Å². The lowest BCUT2D eigenvalue weighted by molar-refractivity contribution is 0.193. The molecule has 1 aromatic carbocycles. The highest BCUT2D eigenvalue weighted by Gasteiger charge is 2.06. The van der Waals surface area contributed by atoms with Crippen LogP contribution in [0.25, 0.3) is 0 Å². The number of benzene rings is 1. The topological polar surface area (TPSA) is 58.0 Å². The highest BCUT2D eigenvalue weighted by molar-refractivity contribution is 7.09. The van der Waals surface area contributed by atoms with Crippen LogP contribution < -0.4 is 5.32 Å². The zero-order chi connectivity index (χ0) is 12.3. The van der Waals surface area contributed by atoms with Crippen molar-refractivity contribution in [2.75, 3.05) is 5.32 Å². The fraction of sp³-hybridized carbons (Fsp3) is 0.333. The summed E-state index contributed by atoms with van der Waals surface area (Å²) in [6, 6.07) is 8.08. The molecule has 0 saturated carbocycles. The van der Waals surface area contributed by atoms with E-state index in [0.29, 0.717) is 12.2 Å². The largest absolute Gasteiger partial charge is 0.393 e. The predicted molar refractivity (Wildman–Crippen MR) is 69.8 cm³/mol. The molecular weight excluding hydrogens is 234 g/mol. The molecule has 1 atom stereocenters. The van der Waals surface area contributed by atoms with E-state index in [0.717, 1.165) is 10.8 Å². The number of anilines is 2. The SMILES string of the molecule is Cc1cccc(Nc2nc(C[C@@H](C)O)ns2)c1. The lowest BCUT2D eigenvalue weighted by atomic mass is 10.2. The van der Waals surface area contributed by atoms with Gasteiger partial charge in [0.1, 0.15) is 5.82 Å². The normalized spacial score (nSPS) is 12.4. The van der Waals surface area contributed by atoms with Gasteiger partial charge < -0.3 is 10.4 Å². The number of aromatic nitrogens is 2. The number of nitrogens with one attached hydrogen (secondary N) is 1. The van der Waals surface area contributed by atoms with Crippen LogP contribution in [0.5, 0.6) is 0 Å². The van der Waals surface area contributed by atoms with Crippen LogP contribution in [0.3, 0.4) is 0 Å². The highest BCUT2D eigenvalue weighted by atomic mass is 32.1. The van der Waals surface area contributed by atoms with Gasteiger partial charge in [-0.15, -0.1) is 0 Å². The lowest BCUT2D eigenvalue weighted by Crippen LogP contribution is -2.05. The molecule has 2 N–H and O–H groups in total. The summed E-state index contributed by atoms with van der Waals surface area (Å²) in [6.45, 7) is 3.78. The number of aliphatic hydroxyl groups is 1. The van der Waals surface area contributed by atoms with Gasteiger partial charge in [0.05, 0.1) is 6.10 Å². The van der Waals surface area contributed by atoms with Crippen molar-refractivity contribution in [1.82, 2.24) is 9.36 Å². The molecule has 0 spiro atoms. The van der Waals surface area contributed by atoms with Crippen LogP contribution >= 0.6 is 11.5 Å². The Kier molecular flexibility index (Phi) is 3.71.